The van der Waals surface area contributed by atoms with Crippen LogP contribution in [0, 0.1) is 13.8 Å². The number of carboxylic acid groups (broad SMARTS) is 1. The summed E-state index contributed by atoms with van der Waals surface area (Å²) in [6.07, 6.45) is 1.21. The summed E-state index contributed by atoms with van der Waals surface area (Å²) in [5.74, 6) is -1.55. The summed E-state index contributed by atoms with van der Waals surface area (Å²) in [7, 11) is 0. The molecule has 0 spiro atoms. The van der Waals surface area contributed by atoms with E-state index < -0.39 is 18.2 Å². The van der Waals surface area contributed by atoms with Crippen molar-refractivity contribution < 1.29 is 14.7 Å². The van der Waals surface area contributed by atoms with Gasteiger partial charge in [0.25, 0.3) is 0 Å². The fourth-order valence-electron chi connectivity index (χ4n) is 1.87. The van der Waals surface area contributed by atoms with Gasteiger partial charge in [0, 0.05) is 6.20 Å². The van der Waals surface area contributed by atoms with E-state index in [1.807, 2.05) is 13.0 Å². The largest absolute Gasteiger partial charge is 0.481 e. The van der Waals surface area contributed by atoms with Gasteiger partial charge in [-0.1, -0.05) is 6.07 Å². The van der Waals surface area contributed by atoms with Gasteiger partial charge in [0.1, 0.15) is 17.8 Å². The number of aromatic nitrogens is 2. The van der Waals surface area contributed by atoms with E-state index in [0.717, 1.165) is 5.56 Å². The molecule has 0 aliphatic rings. The lowest BCUT2D eigenvalue weighted by atomic mass is 10.2. The molecule has 0 bridgehead atoms. The fraction of sp³-hybridized carbons (Fsp3) is 0.250. The number of pyridine rings is 1. The van der Waals surface area contributed by atoms with Gasteiger partial charge in [-0.25, -0.2) is 4.98 Å². The Labute approximate surface area is 97.7 Å². The van der Waals surface area contributed by atoms with Crippen molar-refractivity contribution >= 4 is 17.4 Å². The average Bonchev–Trinajstić information content (AvgIpc) is 2.55. The van der Waals surface area contributed by atoms with Gasteiger partial charge in [-0.2, -0.15) is 0 Å². The Hall–Kier alpha value is -2.17. The van der Waals surface area contributed by atoms with E-state index in [0.29, 0.717) is 17.0 Å². The van der Waals surface area contributed by atoms with Crippen LogP contribution >= 0.6 is 0 Å². The molecule has 0 aliphatic heterocycles. The van der Waals surface area contributed by atoms with Gasteiger partial charge < -0.3 is 5.11 Å². The van der Waals surface area contributed by atoms with Crippen LogP contribution in [-0.4, -0.2) is 26.2 Å². The zero-order valence-electron chi connectivity index (χ0n) is 9.60. The van der Waals surface area contributed by atoms with E-state index in [1.165, 1.54) is 0 Å². The van der Waals surface area contributed by atoms with E-state index in [4.69, 9.17) is 5.11 Å². The highest BCUT2D eigenvalue weighted by atomic mass is 16.4. The number of nitrogens with zero attached hydrogens (tertiary/aromatic N) is 2. The molecule has 0 atom stereocenters. The van der Waals surface area contributed by atoms with E-state index >= 15 is 0 Å². The van der Waals surface area contributed by atoms with Crippen molar-refractivity contribution in [3.05, 3.63) is 35.3 Å². The number of carbonyl (C=O) groups excluding carboxylic acids is 1. The highest BCUT2D eigenvalue weighted by Gasteiger charge is 2.19. The van der Waals surface area contributed by atoms with Crippen LogP contribution < -0.4 is 0 Å². The van der Waals surface area contributed by atoms with Crippen molar-refractivity contribution in [3.8, 4) is 0 Å². The first-order chi connectivity index (χ1) is 8.00. The molecule has 2 rings (SSSR count). The zero-order chi connectivity index (χ0) is 12.6. The quantitative estimate of drug-likeness (QED) is 0.644. The molecule has 0 saturated heterocycles. The van der Waals surface area contributed by atoms with Gasteiger partial charge in [-0.3, -0.25) is 14.0 Å². The summed E-state index contributed by atoms with van der Waals surface area (Å²) in [5, 5.41) is 8.65. The van der Waals surface area contributed by atoms with E-state index in [9.17, 15) is 9.59 Å². The van der Waals surface area contributed by atoms with Crippen molar-refractivity contribution in [2.45, 2.75) is 20.3 Å². The minimum atomic E-state index is -1.13. The number of carboxylic acids is 1. The van der Waals surface area contributed by atoms with Gasteiger partial charge in [0.2, 0.25) is 0 Å². The predicted octanol–water partition coefficient (Wildman–Crippen LogP) is 1.61. The monoisotopic (exact) mass is 232 g/mol. The number of aryl methyl sites for hydroxylation is 2. The Bertz CT molecular complexity index is 613. The summed E-state index contributed by atoms with van der Waals surface area (Å²) in [6, 6.07) is 3.70. The SMILES string of the molecule is Cc1nc2c(C)cccn2c1C(=O)CC(=O)O. The Morgan fingerprint density at radius 3 is 2.76 bits per heavy atom. The molecule has 2 aromatic rings. The highest BCUT2D eigenvalue weighted by Crippen LogP contribution is 2.16. The van der Waals surface area contributed by atoms with Crippen LogP contribution in [0.4, 0.5) is 0 Å². The summed E-state index contributed by atoms with van der Waals surface area (Å²) >= 11 is 0. The van der Waals surface area contributed by atoms with Crippen molar-refractivity contribution in [3.63, 3.8) is 0 Å². The highest BCUT2D eigenvalue weighted by molar-refractivity contribution is 6.05. The molecule has 0 fully saturated rings. The normalized spacial score (nSPS) is 10.7. The number of hydrogen-bond donors (Lipinski definition) is 1. The van der Waals surface area contributed by atoms with Crippen molar-refractivity contribution in [2.24, 2.45) is 0 Å². The topological polar surface area (TPSA) is 71.7 Å². The van der Waals surface area contributed by atoms with E-state index in [1.54, 1.807) is 23.6 Å². The average molecular weight is 232 g/mol. The summed E-state index contributed by atoms with van der Waals surface area (Å²) in [5.41, 5.74) is 2.56. The number of imidazole rings is 1. The van der Waals surface area contributed by atoms with Gasteiger partial charge in [-0.15, -0.1) is 0 Å². The Balaban J connectivity index is 2.61. The second kappa shape index (κ2) is 4.01. The molecular weight excluding hydrogens is 220 g/mol. The first-order valence-electron chi connectivity index (χ1n) is 5.20. The van der Waals surface area contributed by atoms with Crippen molar-refractivity contribution in [1.29, 1.82) is 0 Å². The second-order valence-corrected chi connectivity index (χ2v) is 3.92. The van der Waals surface area contributed by atoms with Crippen LogP contribution in [0.25, 0.3) is 5.65 Å². The number of aliphatic carboxylic acids is 1. The molecule has 2 aromatic heterocycles. The summed E-state index contributed by atoms with van der Waals surface area (Å²) in [4.78, 5) is 26.7. The lowest BCUT2D eigenvalue weighted by Crippen LogP contribution is -2.10. The maximum atomic E-state index is 11.8. The minimum absolute atomic E-state index is 0.353. The Kier molecular flexibility index (Phi) is 2.67. The first kappa shape index (κ1) is 11.3. The van der Waals surface area contributed by atoms with Gasteiger partial charge >= 0.3 is 5.97 Å². The molecule has 5 heteroatoms. The molecule has 0 saturated carbocycles. The molecule has 0 amide bonds. The molecule has 1 N–H and O–H groups in total. The third kappa shape index (κ3) is 1.91. The maximum Gasteiger partial charge on any atom is 0.311 e. The van der Waals surface area contributed by atoms with Crippen LogP contribution in [0.3, 0.4) is 0 Å². The van der Waals surface area contributed by atoms with Crippen molar-refractivity contribution in [1.82, 2.24) is 9.38 Å². The van der Waals surface area contributed by atoms with Crippen LogP contribution in [-0.2, 0) is 4.79 Å². The lowest BCUT2D eigenvalue weighted by Gasteiger charge is -2.01. The number of carbonyl (C=O) groups is 2. The Morgan fingerprint density at radius 1 is 1.41 bits per heavy atom. The lowest BCUT2D eigenvalue weighted by molar-refractivity contribution is -0.135. The van der Waals surface area contributed by atoms with Gasteiger partial charge in [0.05, 0.1) is 5.69 Å². The molecule has 88 valence electrons. The molecular formula is C12H12N2O3. The number of Topliss-reactive ketones (excluding diaryl/α,β-unsaturated/α-hetero) is 1. The smallest absolute Gasteiger partial charge is 0.311 e. The molecule has 0 aromatic carbocycles. The molecule has 2 heterocycles. The Morgan fingerprint density at radius 2 is 2.12 bits per heavy atom. The second-order valence-electron chi connectivity index (χ2n) is 3.92. The number of rotatable bonds is 3. The van der Waals surface area contributed by atoms with Crippen LogP contribution in [0.2, 0.25) is 0 Å². The zero-order valence-corrected chi connectivity index (χ0v) is 9.60. The van der Waals surface area contributed by atoms with E-state index in [-0.39, 0.29) is 0 Å². The first-order valence-corrected chi connectivity index (χ1v) is 5.20. The minimum Gasteiger partial charge on any atom is -0.481 e. The molecule has 5 nitrogen and oxygen atoms in total. The third-order valence-corrected chi connectivity index (χ3v) is 2.60. The van der Waals surface area contributed by atoms with Gasteiger partial charge in [0.15, 0.2) is 5.78 Å². The van der Waals surface area contributed by atoms with Gasteiger partial charge in [-0.05, 0) is 25.5 Å². The molecule has 17 heavy (non-hydrogen) atoms. The molecule has 0 unspecified atom stereocenters. The van der Waals surface area contributed by atoms with Crippen LogP contribution in [0.15, 0.2) is 18.3 Å². The predicted molar refractivity (Wildman–Crippen MR) is 61.2 cm³/mol. The number of ketones is 1. The van der Waals surface area contributed by atoms with Crippen LogP contribution in [0.5, 0.6) is 0 Å². The number of fused-ring (bicyclic) bond motifs is 1. The van der Waals surface area contributed by atoms with Crippen molar-refractivity contribution in [2.75, 3.05) is 0 Å². The summed E-state index contributed by atoms with van der Waals surface area (Å²) < 4.78 is 1.65. The molecule has 0 radical (unpaired) electrons. The molecule has 0 aliphatic carbocycles. The standard InChI is InChI=1S/C12H12N2O3/c1-7-4-3-5-14-11(8(2)13-12(7)14)9(15)6-10(16)17/h3-5H,6H2,1-2H3,(H,16,17). The van der Waals surface area contributed by atoms with E-state index in [2.05, 4.69) is 4.98 Å². The summed E-state index contributed by atoms with van der Waals surface area (Å²) in [6.45, 7) is 3.61. The number of hydrogen-bond acceptors (Lipinski definition) is 3. The fourth-order valence-corrected chi connectivity index (χ4v) is 1.87. The third-order valence-electron chi connectivity index (χ3n) is 2.60. The maximum absolute atomic E-state index is 11.8. The van der Waals surface area contributed by atoms with Crippen LogP contribution in [0.1, 0.15) is 28.2 Å².